The maximum absolute atomic E-state index is 14.2. The molecular formula is C37H35Cl3N4O4. The van der Waals surface area contributed by atoms with E-state index in [1.807, 2.05) is 36.4 Å². The summed E-state index contributed by atoms with van der Waals surface area (Å²) in [6, 6.07) is 24.6. The molecule has 2 aliphatic rings. The third-order valence-corrected chi connectivity index (χ3v) is 10.00. The third-order valence-electron chi connectivity index (χ3n) is 9.11. The molecule has 0 spiro atoms. The molecule has 2 aliphatic heterocycles. The van der Waals surface area contributed by atoms with E-state index in [-0.39, 0.29) is 23.8 Å². The number of anilines is 3. The highest BCUT2D eigenvalue weighted by atomic mass is 35.5. The lowest BCUT2D eigenvalue weighted by Gasteiger charge is -2.41. The SMILES string of the molecule is COc1cc(NC(=O)c2ccccc2Cl)ccc1C(=O)N1CCCC(C(C=O)N2CCN(c3ccccc3Cl)CC2)c2cc(Cl)ccc21. The number of rotatable bonds is 8. The predicted octanol–water partition coefficient (Wildman–Crippen LogP) is 7.82. The van der Waals surface area contributed by atoms with E-state index in [0.717, 1.165) is 30.6 Å². The van der Waals surface area contributed by atoms with E-state index in [9.17, 15) is 14.4 Å². The second kappa shape index (κ2) is 15.0. The van der Waals surface area contributed by atoms with Crippen LogP contribution in [0.25, 0.3) is 0 Å². The number of carbonyl (C=O) groups excluding carboxylic acids is 3. The summed E-state index contributed by atoms with van der Waals surface area (Å²) in [7, 11) is 1.48. The quantitative estimate of drug-likeness (QED) is 0.188. The van der Waals surface area contributed by atoms with Crippen molar-refractivity contribution < 1.29 is 19.1 Å². The molecule has 8 nitrogen and oxygen atoms in total. The molecular weight excluding hydrogens is 671 g/mol. The Hall–Kier alpha value is -4.08. The van der Waals surface area contributed by atoms with Crippen molar-refractivity contribution in [1.82, 2.24) is 4.90 Å². The molecule has 2 unspecified atom stereocenters. The van der Waals surface area contributed by atoms with Gasteiger partial charge < -0.3 is 24.6 Å². The predicted molar refractivity (Wildman–Crippen MR) is 193 cm³/mol. The number of methoxy groups -OCH3 is 1. The molecule has 2 amide bonds. The molecule has 4 aromatic carbocycles. The van der Waals surface area contributed by atoms with Gasteiger partial charge in [0, 0.05) is 61.1 Å². The van der Waals surface area contributed by atoms with Gasteiger partial charge in [0.2, 0.25) is 0 Å². The maximum atomic E-state index is 14.2. The van der Waals surface area contributed by atoms with Gasteiger partial charge >= 0.3 is 0 Å². The van der Waals surface area contributed by atoms with E-state index >= 15 is 0 Å². The molecule has 0 saturated carbocycles. The van der Waals surface area contributed by atoms with Gasteiger partial charge in [-0.2, -0.15) is 0 Å². The van der Waals surface area contributed by atoms with Crippen molar-refractivity contribution >= 4 is 70.0 Å². The van der Waals surface area contributed by atoms with Crippen LogP contribution >= 0.6 is 34.8 Å². The fourth-order valence-electron chi connectivity index (χ4n) is 6.72. The Morgan fingerprint density at radius 3 is 2.27 bits per heavy atom. The number of nitrogens with zero attached hydrogens (tertiary/aromatic N) is 3. The molecule has 0 aliphatic carbocycles. The zero-order chi connectivity index (χ0) is 33.8. The molecule has 6 rings (SSSR count). The minimum absolute atomic E-state index is 0.162. The summed E-state index contributed by atoms with van der Waals surface area (Å²) >= 11 is 19.2. The molecule has 248 valence electrons. The molecule has 1 saturated heterocycles. The number of piperazine rings is 1. The summed E-state index contributed by atoms with van der Waals surface area (Å²) in [4.78, 5) is 46.1. The number of amides is 2. The molecule has 48 heavy (non-hydrogen) atoms. The molecule has 11 heteroatoms. The summed E-state index contributed by atoms with van der Waals surface area (Å²) in [5.41, 5.74) is 3.71. The Labute approximate surface area is 295 Å². The highest BCUT2D eigenvalue weighted by Gasteiger charge is 2.36. The van der Waals surface area contributed by atoms with Crippen molar-refractivity contribution in [1.29, 1.82) is 0 Å². The van der Waals surface area contributed by atoms with Crippen LogP contribution < -0.4 is 19.9 Å². The fourth-order valence-corrected chi connectivity index (χ4v) is 7.38. The van der Waals surface area contributed by atoms with Crippen LogP contribution in [0.4, 0.5) is 17.1 Å². The Balaban J connectivity index is 1.24. The number of benzene rings is 4. The molecule has 4 aromatic rings. The van der Waals surface area contributed by atoms with E-state index in [0.29, 0.717) is 75.8 Å². The van der Waals surface area contributed by atoms with Gasteiger partial charge in [0.25, 0.3) is 11.8 Å². The van der Waals surface area contributed by atoms with Crippen molar-refractivity contribution in [3.8, 4) is 5.75 Å². The van der Waals surface area contributed by atoms with Crippen LogP contribution in [0.1, 0.15) is 45.0 Å². The van der Waals surface area contributed by atoms with Crippen LogP contribution in [0.5, 0.6) is 5.75 Å². The van der Waals surface area contributed by atoms with Crippen LogP contribution in [0.15, 0.2) is 84.9 Å². The number of hydrogen-bond donors (Lipinski definition) is 1. The van der Waals surface area contributed by atoms with Gasteiger partial charge in [-0.05, 0) is 73.0 Å². The van der Waals surface area contributed by atoms with Crippen LogP contribution in [0.2, 0.25) is 15.1 Å². The van der Waals surface area contributed by atoms with Gasteiger partial charge in [0.05, 0.1) is 40.0 Å². The number of halogens is 3. The van der Waals surface area contributed by atoms with Crippen molar-refractivity contribution in [3.63, 3.8) is 0 Å². The number of nitrogens with one attached hydrogen (secondary N) is 1. The van der Waals surface area contributed by atoms with Gasteiger partial charge in [0.1, 0.15) is 12.0 Å². The van der Waals surface area contributed by atoms with Gasteiger partial charge in [-0.3, -0.25) is 14.5 Å². The first kappa shape index (κ1) is 33.8. The van der Waals surface area contributed by atoms with E-state index in [4.69, 9.17) is 39.5 Å². The van der Waals surface area contributed by atoms with Crippen LogP contribution in [0, 0.1) is 0 Å². The molecule has 1 fully saturated rings. The zero-order valence-electron chi connectivity index (χ0n) is 26.4. The van der Waals surface area contributed by atoms with Crippen molar-refractivity contribution in [2.45, 2.75) is 24.8 Å². The van der Waals surface area contributed by atoms with Gasteiger partial charge in [-0.25, -0.2) is 0 Å². The Kier molecular flexibility index (Phi) is 10.6. The Morgan fingerprint density at radius 2 is 1.56 bits per heavy atom. The van der Waals surface area contributed by atoms with Gasteiger partial charge in [0.15, 0.2) is 0 Å². The summed E-state index contributed by atoms with van der Waals surface area (Å²) < 4.78 is 5.64. The molecule has 0 bridgehead atoms. The number of ether oxygens (including phenoxy) is 1. The number of fused-ring (bicyclic) bond motifs is 1. The maximum Gasteiger partial charge on any atom is 0.262 e. The molecule has 0 aromatic heterocycles. The number of carbonyl (C=O) groups is 3. The fraction of sp³-hybridized carbons (Fsp3) is 0.270. The van der Waals surface area contributed by atoms with Crippen molar-refractivity contribution in [3.05, 3.63) is 117 Å². The summed E-state index contributed by atoms with van der Waals surface area (Å²) in [5, 5.41) is 4.42. The minimum atomic E-state index is -0.388. The first-order valence-electron chi connectivity index (χ1n) is 15.8. The van der Waals surface area contributed by atoms with Crippen molar-refractivity contribution in [2.75, 3.05) is 55.0 Å². The smallest absolute Gasteiger partial charge is 0.262 e. The van der Waals surface area contributed by atoms with Crippen molar-refractivity contribution in [2.24, 2.45) is 0 Å². The lowest BCUT2D eigenvalue weighted by molar-refractivity contribution is -0.113. The number of aldehydes is 1. The van der Waals surface area contributed by atoms with E-state index in [1.165, 1.54) is 7.11 Å². The Bertz CT molecular complexity index is 1830. The second-order valence-corrected chi connectivity index (χ2v) is 13.1. The van der Waals surface area contributed by atoms with Crippen LogP contribution in [-0.4, -0.2) is 68.9 Å². The third kappa shape index (κ3) is 7.03. The zero-order valence-corrected chi connectivity index (χ0v) is 28.6. The summed E-state index contributed by atoms with van der Waals surface area (Å²) in [6.45, 7) is 3.31. The summed E-state index contributed by atoms with van der Waals surface area (Å²) in [6.07, 6.45) is 2.42. The van der Waals surface area contributed by atoms with Crippen LogP contribution in [-0.2, 0) is 4.79 Å². The van der Waals surface area contributed by atoms with Gasteiger partial charge in [-0.15, -0.1) is 0 Å². The lowest BCUT2D eigenvalue weighted by atomic mass is 9.86. The normalized spacial score (nSPS) is 17.2. The molecule has 1 N–H and O–H groups in total. The first-order chi connectivity index (χ1) is 23.3. The topological polar surface area (TPSA) is 82.2 Å². The Morgan fingerprint density at radius 1 is 0.833 bits per heavy atom. The largest absolute Gasteiger partial charge is 0.496 e. The number of para-hydroxylation sites is 1. The van der Waals surface area contributed by atoms with E-state index in [2.05, 4.69) is 15.1 Å². The molecule has 0 radical (unpaired) electrons. The first-order valence-corrected chi connectivity index (χ1v) is 17.0. The molecule has 2 heterocycles. The van der Waals surface area contributed by atoms with E-state index < -0.39 is 0 Å². The highest BCUT2D eigenvalue weighted by molar-refractivity contribution is 6.34. The number of hydrogen-bond acceptors (Lipinski definition) is 6. The highest BCUT2D eigenvalue weighted by Crippen LogP contribution is 2.41. The lowest BCUT2D eigenvalue weighted by Crippen LogP contribution is -2.52. The average Bonchev–Trinajstić information content (AvgIpc) is 3.28. The summed E-state index contributed by atoms with van der Waals surface area (Å²) in [5.74, 6) is -0.474. The standard InChI is InChI=1S/C37H35Cl3N4O4/c1-48-35-22-25(41-36(46)27-7-2-3-9-30(27)39)13-14-28(35)37(47)44-16-6-8-26(29-21-24(38)12-15-32(29)44)34(23-45)43-19-17-42(18-20-43)33-11-5-4-10-31(33)40/h2-5,7,9-15,21-23,26,34H,6,8,16-20H2,1H3,(H,41,46). The molecule has 2 atom stereocenters. The van der Waals surface area contributed by atoms with Gasteiger partial charge in [-0.1, -0.05) is 59.1 Å². The average molecular weight is 706 g/mol. The monoisotopic (exact) mass is 704 g/mol. The second-order valence-electron chi connectivity index (χ2n) is 11.9. The van der Waals surface area contributed by atoms with Crippen LogP contribution in [0.3, 0.4) is 0 Å². The van der Waals surface area contributed by atoms with E-state index in [1.54, 1.807) is 53.4 Å². The minimum Gasteiger partial charge on any atom is -0.496 e.